The van der Waals surface area contributed by atoms with E-state index in [4.69, 9.17) is 0 Å². The SMILES string of the molecule is CC(C)c1cnn2c1NC(S(C)(=O)=O)C=C2CC1CCC1. The average molecular weight is 309 g/mol. The van der Waals surface area contributed by atoms with Gasteiger partial charge in [-0.15, -0.1) is 0 Å². The summed E-state index contributed by atoms with van der Waals surface area (Å²) in [6.07, 6.45) is 9.64. The van der Waals surface area contributed by atoms with E-state index in [9.17, 15) is 8.42 Å². The van der Waals surface area contributed by atoms with Crippen LogP contribution in [0.1, 0.15) is 51.0 Å². The van der Waals surface area contributed by atoms with Crippen LogP contribution in [-0.4, -0.2) is 29.8 Å². The fourth-order valence-corrected chi connectivity index (χ4v) is 3.68. The molecule has 1 saturated carbocycles. The summed E-state index contributed by atoms with van der Waals surface area (Å²) in [5.41, 5.74) is 2.10. The highest BCUT2D eigenvalue weighted by molar-refractivity contribution is 7.91. The molecule has 6 heteroatoms. The molecule has 0 radical (unpaired) electrons. The highest BCUT2D eigenvalue weighted by Crippen LogP contribution is 2.38. The van der Waals surface area contributed by atoms with Crippen molar-refractivity contribution in [3.05, 3.63) is 17.8 Å². The second kappa shape index (κ2) is 5.16. The lowest BCUT2D eigenvalue weighted by Gasteiger charge is -2.30. The number of rotatable bonds is 4. The number of anilines is 1. The highest BCUT2D eigenvalue weighted by Gasteiger charge is 2.30. The van der Waals surface area contributed by atoms with Gasteiger partial charge >= 0.3 is 0 Å². The molecule has 1 N–H and O–H groups in total. The third kappa shape index (κ3) is 2.73. The van der Waals surface area contributed by atoms with Crippen LogP contribution in [0, 0.1) is 5.92 Å². The summed E-state index contributed by atoms with van der Waals surface area (Å²) in [7, 11) is -3.17. The minimum absolute atomic E-state index is 0.310. The van der Waals surface area contributed by atoms with Crippen molar-refractivity contribution in [3.8, 4) is 0 Å². The van der Waals surface area contributed by atoms with Crippen LogP contribution in [0.25, 0.3) is 5.70 Å². The van der Waals surface area contributed by atoms with Gasteiger partial charge in [-0.05, 0) is 24.3 Å². The van der Waals surface area contributed by atoms with Gasteiger partial charge in [0.2, 0.25) is 0 Å². The van der Waals surface area contributed by atoms with Gasteiger partial charge in [-0.25, -0.2) is 13.1 Å². The predicted octanol–water partition coefficient (Wildman–Crippen LogP) is 2.83. The quantitative estimate of drug-likeness (QED) is 0.929. The van der Waals surface area contributed by atoms with Crippen LogP contribution in [0.5, 0.6) is 0 Å². The van der Waals surface area contributed by atoms with Crippen molar-refractivity contribution < 1.29 is 8.42 Å². The van der Waals surface area contributed by atoms with Crippen LogP contribution in [0.15, 0.2) is 12.3 Å². The molecule has 0 spiro atoms. The van der Waals surface area contributed by atoms with Crippen molar-refractivity contribution in [1.29, 1.82) is 0 Å². The van der Waals surface area contributed by atoms with Crippen molar-refractivity contribution in [1.82, 2.24) is 9.78 Å². The van der Waals surface area contributed by atoms with Crippen LogP contribution < -0.4 is 5.32 Å². The van der Waals surface area contributed by atoms with Crippen molar-refractivity contribution in [2.45, 2.75) is 50.8 Å². The second-order valence-electron chi connectivity index (χ2n) is 6.57. The standard InChI is InChI=1S/C15H23N3O2S/c1-10(2)13-9-16-18-12(7-11-5-4-6-11)8-14(17-15(13)18)21(3,19)20/h8-11,14,17H,4-7H2,1-3H3. The minimum atomic E-state index is -3.17. The summed E-state index contributed by atoms with van der Waals surface area (Å²) in [6.45, 7) is 4.19. The molecule has 0 bridgehead atoms. The summed E-state index contributed by atoms with van der Waals surface area (Å²) < 4.78 is 25.9. The van der Waals surface area contributed by atoms with Crippen LogP contribution >= 0.6 is 0 Å². The number of nitrogens with zero attached hydrogens (tertiary/aromatic N) is 2. The normalized spacial score (nSPS) is 22.5. The van der Waals surface area contributed by atoms with E-state index in [1.54, 1.807) is 0 Å². The summed E-state index contributed by atoms with van der Waals surface area (Å²) in [6, 6.07) is 0. The Morgan fingerprint density at radius 2 is 2.14 bits per heavy atom. The zero-order valence-corrected chi connectivity index (χ0v) is 13.7. The topological polar surface area (TPSA) is 64.0 Å². The summed E-state index contributed by atoms with van der Waals surface area (Å²) >= 11 is 0. The number of allylic oxidation sites excluding steroid dienone is 1. The molecule has 5 nitrogen and oxygen atoms in total. The smallest absolute Gasteiger partial charge is 0.172 e. The molecule has 1 aliphatic carbocycles. The van der Waals surface area contributed by atoms with Crippen LogP contribution in [0.2, 0.25) is 0 Å². The first-order chi connectivity index (χ1) is 9.86. The molecule has 1 aromatic rings. The zero-order chi connectivity index (χ0) is 15.2. The molecule has 2 aliphatic rings. The van der Waals surface area contributed by atoms with Crippen LogP contribution in [-0.2, 0) is 9.84 Å². The van der Waals surface area contributed by atoms with Gasteiger partial charge in [-0.2, -0.15) is 5.10 Å². The van der Waals surface area contributed by atoms with E-state index in [0.29, 0.717) is 11.8 Å². The number of fused-ring (bicyclic) bond motifs is 1. The Bertz CT molecular complexity index is 669. The van der Waals surface area contributed by atoms with Crippen molar-refractivity contribution in [2.75, 3.05) is 11.6 Å². The fraction of sp³-hybridized carbons (Fsp3) is 0.667. The third-order valence-corrected chi connectivity index (χ3v) is 5.67. The molecular formula is C15H23N3O2S. The molecular weight excluding hydrogens is 286 g/mol. The molecule has 116 valence electrons. The maximum atomic E-state index is 12.0. The molecule has 21 heavy (non-hydrogen) atoms. The van der Waals surface area contributed by atoms with Crippen molar-refractivity contribution >= 4 is 21.4 Å². The average Bonchev–Trinajstić information content (AvgIpc) is 2.76. The molecule has 1 atom stereocenters. The van der Waals surface area contributed by atoms with E-state index in [2.05, 4.69) is 24.3 Å². The molecule has 1 unspecified atom stereocenters. The van der Waals surface area contributed by atoms with E-state index in [0.717, 1.165) is 23.5 Å². The van der Waals surface area contributed by atoms with E-state index in [1.807, 2.05) is 17.0 Å². The first-order valence-electron chi connectivity index (χ1n) is 7.60. The van der Waals surface area contributed by atoms with Gasteiger partial charge in [0.05, 0.1) is 6.20 Å². The van der Waals surface area contributed by atoms with Gasteiger partial charge < -0.3 is 5.32 Å². The van der Waals surface area contributed by atoms with Gasteiger partial charge in [0.25, 0.3) is 0 Å². The van der Waals surface area contributed by atoms with E-state index in [1.165, 1.54) is 25.5 Å². The second-order valence-corrected chi connectivity index (χ2v) is 8.74. The van der Waals surface area contributed by atoms with Gasteiger partial charge in [-0.3, -0.25) is 0 Å². The number of aromatic nitrogens is 2. The number of hydrogen-bond acceptors (Lipinski definition) is 4. The highest BCUT2D eigenvalue weighted by atomic mass is 32.2. The molecule has 0 aromatic carbocycles. The lowest BCUT2D eigenvalue weighted by molar-refractivity contribution is 0.319. The molecule has 1 fully saturated rings. The third-order valence-electron chi connectivity index (χ3n) is 4.50. The first-order valence-corrected chi connectivity index (χ1v) is 9.56. The first kappa shape index (κ1) is 14.6. The summed E-state index contributed by atoms with van der Waals surface area (Å²) in [4.78, 5) is 0. The Balaban J connectivity index is 2.00. The molecule has 0 saturated heterocycles. The lowest BCUT2D eigenvalue weighted by atomic mass is 9.82. The maximum absolute atomic E-state index is 12.0. The van der Waals surface area contributed by atoms with Crippen molar-refractivity contribution in [3.63, 3.8) is 0 Å². The maximum Gasteiger partial charge on any atom is 0.172 e. The van der Waals surface area contributed by atoms with Crippen LogP contribution in [0.4, 0.5) is 5.82 Å². The van der Waals surface area contributed by atoms with E-state index in [-0.39, 0.29) is 0 Å². The zero-order valence-electron chi connectivity index (χ0n) is 12.8. The molecule has 3 rings (SSSR count). The van der Waals surface area contributed by atoms with E-state index >= 15 is 0 Å². The lowest BCUT2D eigenvalue weighted by Crippen LogP contribution is -2.33. The fourth-order valence-electron chi connectivity index (χ4n) is 2.95. The van der Waals surface area contributed by atoms with E-state index < -0.39 is 15.2 Å². The summed E-state index contributed by atoms with van der Waals surface area (Å²) in [5.74, 6) is 1.83. The largest absolute Gasteiger partial charge is 0.350 e. The Morgan fingerprint density at radius 3 is 2.67 bits per heavy atom. The Kier molecular flexibility index (Phi) is 3.59. The molecule has 1 aliphatic heterocycles. The van der Waals surface area contributed by atoms with Crippen LogP contribution in [0.3, 0.4) is 0 Å². The Labute approximate surface area is 126 Å². The number of sulfone groups is 1. The minimum Gasteiger partial charge on any atom is -0.350 e. The molecule has 0 amide bonds. The van der Waals surface area contributed by atoms with Gasteiger partial charge in [0.15, 0.2) is 15.2 Å². The van der Waals surface area contributed by atoms with Gasteiger partial charge in [0, 0.05) is 17.5 Å². The van der Waals surface area contributed by atoms with Gasteiger partial charge in [-0.1, -0.05) is 33.1 Å². The van der Waals surface area contributed by atoms with Crippen molar-refractivity contribution in [2.24, 2.45) is 5.92 Å². The Hall–Kier alpha value is -1.30. The number of nitrogens with one attached hydrogen (secondary N) is 1. The Morgan fingerprint density at radius 1 is 1.43 bits per heavy atom. The molecule has 1 aromatic heterocycles. The monoisotopic (exact) mass is 309 g/mol. The van der Waals surface area contributed by atoms with Gasteiger partial charge in [0.1, 0.15) is 5.82 Å². The number of hydrogen-bond donors (Lipinski definition) is 1. The summed E-state index contributed by atoms with van der Waals surface area (Å²) in [5, 5.41) is 6.98. The predicted molar refractivity (Wildman–Crippen MR) is 84.8 cm³/mol. The molecule has 2 heterocycles.